The SMILES string of the molecule is N[C@@H]1c2cc(F)ccc2OC12CCN(c1ncc(Sc3ccnc4c3OCC3(COC3)N4)nc1CO)CC2. The number of anilines is 2. The fraction of sp³-hybridized carbons (Fsp3) is 0.423. The normalized spacial score (nSPS) is 22.2. The first kappa shape index (κ1) is 23.9. The molecule has 0 radical (unpaired) electrons. The number of rotatable bonds is 4. The van der Waals surface area contributed by atoms with E-state index < -0.39 is 11.6 Å². The van der Waals surface area contributed by atoms with E-state index in [1.807, 2.05) is 6.07 Å². The van der Waals surface area contributed by atoms with Crippen LogP contribution in [0.25, 0.3) is 0 Å². The molecule has 4 aliphatic rings. The highest BCUT2D eigenvalue weighted by Gasteiger charge is 2.49. The summed E-state index contributed by atoms with van der Waals surface area (Å²) in [6, 6.07) is 6.00. The number of halogens is 1. The van der Waals surface area contributed by atoms with Crippen molar-refractivity contribution in [1.82, 2.24) is 15.0 Å². The molecule has 2 spiro atoms. The molecule has 3 aromatic rings. The number of fused-ring (bicyclic) bond motifs is 2. The van der Waals surface area contributed by atoms with E-state index in [4.69, 9.17) is 24.9 Å². The van der Waals surface area contributed by atoms with Crippen LogP contribution in [0.5, 0.6) is 11.5 Å². The molecular formula is C26H27FN6O4S. The minimum Gasteiger partial charge on any atom is -0.486 e. The van der Waals surface area contributed by atoms with Gasteiger partial charge in [-0.15, -0.1) is 0 Å². The average Bonchev–Trinajstić information content (AvgIpc) is 3.18. The van der Waals surface area contributed by atoms with Gasteiger partial charge in [0.05, 0.1) is 37.0 Å². The van der Waals surface area contributed by atoms with Crippen LogP contribution in [-0.2, 0) is 11.3 Å². The maximum atomic E-state index is 13.8. The predicted octanol–water partition coefficient (Wildman–Crippen LogP) is 2.66. The van der Waals surface area contributed by atoms with Crippen LogP contribution in [-0.4, -0.2) is 64.1 Å². The molecule has 0 unspecified atom stereocenters. The van der Waals surface area contributed by atoms with E-state index in [9.17, 15) is 9.50 Å². The molecule has 1 aromatic carbocycles. The molecule has 2 saturated heterocycles. The van der Waals surface area contributed by atoms with Gasteiger partial charge in [-0.1, -0.05) is 11.8 Å². The standard InChI is InChI=1S/C26H27FN6O4S/c27-15-1-2-18-16(9-15)22(28)26(37-18)4-7-33(8-5-26)24-17(11-34)31-20(10-30-24)38-19-3-6-29-23-21(19)36-14-25(32-23)12-35-13-25/h1-3,6,9-10,22,34H,4-5,7-8,11-14,28H2,(H,29,32)/t22-/m1/s1. The molecule has 38 heavy (non-hydrogen) atoms. The van der Waals surface area contributed by atoms with Crippen LogP contribution in [0.3, 0.4) is 0 Å². The number of nitrogens with one attached hydrogen (secondary N) is 1. The van der Waals surface area contributed by atoms with E-state index in [1.54, 1.807) is 18.5 Å². The molecule has 0 saturated carbocycles. The summed E-state index contributed by atoms with van der Waals surface area (Å²) in [4.78, 5) is 16.8. The van der Waals surface area contributed by atoms with Gasteiger partial charge >= 0.3 is 0 Å². The van der Waals surface area contributed by atoms with Crippen LogP contribution in [0.2, 0.25) is 0 Å². The number of piperidine rings is 1. The Morgan fingerprint density at radius 3 is 2.79 bits per heavy atom. The number of pyridine rings is 1. The van der Waals surface area contributed by atoms with Gasteiger partial charge in [-0.3, -0.25) is 0 Å². The highest BCUT2D eigenvalue weighted by atomic mass is 32.2. The molecule has 6 heterocycles. The molecule has 2 aromatic heterocycles. The van der Waals surface area contributed by atoms with Crippen molar-refractivity contribution in [1.29, 1.82) is 0 Å². The number of aliphatic hydroxyl groups is 1. The number of aromatic nitrogens is 3. The van der Waals surface area contributed by atoms with Crippen LogP contribution < -0.4 is 25.4 Å². The number of hydrogen-bond donors (Lipinski definition) is 3. The van der Waals surface area contributed by atoms with Crippen LogP contribution in [0.1, 0.15) is 30.1 Å². The van der Waals surface area contributed by atoms with Crippen molar-refractivity contribution in [2.24, 2.45) is 5.73 Å². The second-order valence-corrected chi connectivity index (χ2v) is 11.3. The number of aliphatic hydroxyl groups excluding tert-OH is 1. The number of nitrogens with zero attached hydrogens (tertiary/aromatic N) is 4. The lowest BCUT2D eigenvalue weighted by Crippen LogP contribution is -2.61. The summed E-state index contributed by atoms with van der Waals surface area (Å²) in [5.41, 5.74) is 6.96. The van der Waals surface area contributed by atoms with E-state index in [1.165, 1.54) is 23.9 Å². The Kier molecular flexibility index (Phi) is 5.62. The first-order valence-electron chi connectivity index (χ1n) is 12.6. The second kappa shape index (κ2) is 8.94. The molecule has 4 aliphatic heterocycles. The van der Waals surface area contributed by atoms with Crippen LogP contribution in [0.15, 0.2) is 46.6 Å². The number of ether oxygens (including phenoxy) is 3. The van der Waals surface area contributed by atoms with Crippen molar-refractivity contribution in [2.45, 2.75) is 46.6 Å². The van der Waals surface area contributed by atoms with E-state index in [0.29, 0.717) is 85.2 Å². The third kappa shape index (κ3) is 3.85. The minimum absolute atomic E-state index is 0.200. The Hall–Kier alpha value is -3.19. The highest BCUT2D eigenvalue weighted by Crippen LogP contribution is 2.48. The third-order valence-corrected chi connectivity index (χ3v) is 8.71. The van der Waals surface area contributed by atoms with Crippen LogP contribution >= 0.6 is 11.8 Å². The van der Waals surface area contributed by atoms with Gasteiger partial charge in [0.25, 0.3) is 0 Å². The molecular weight excluding hydrogens is 511 g/mol. The Morgan fingerprint density at radius 2 is 2.03 bits per heavy atom. The van der Waals surface area contributed by atoms with E-state index in [-0.39, 0.29) is 18.0 Å². The van der Waals surface area contributed by atoms with E-state index >= 15 is 0 Å². The number of hydrogen-bond acceptors (Lipinski definition) is 11. The zero-order chi connectivity index (χ0) is 25.9. The Morgan fingerprint density at radius 1 is 1.18 bits per heavy atom. The lowest BCUT2D eigenvalue weighted by atomic mass is 9.83. The fourth-order valence-electron chi connectivity index (χ4n) is 5.61. The molecule has 7 rings (SSSR count). The maximum absolute atomic E-state index is 13.8. The summed E-state index contributed by atoms with van der Waals surface area (Å²) in [7, 11) is 0. The van der Waals surface area contributed by atoms with Crippen molar-refractivity contribution >= 4 is 23.4 Å². The van der Waals surface area contributed by atoms with Crippen LogP contribution in [0.4, 0.5) is 16.0 Å². The number of benzene rings is 1. The van der Waals surface area contributed by atoms with Crippen molar-refractivity contribution in [3.63, 3.8) is 0 Å². The van der Waals surface area contributed by atoms with Crippen molar-refractivity contribution in [3.8, 4) is 11.5 Å². The second-order valence-electron chi connectivity index (χ2n) is 10.2. The van der Waals surface area contributed by atoms with Gasteiger partial charge in [-0.05, 0) is 24.3 Å². The van der Waals surface area contributed by atoms with E-state index in [0.717, 1.165) is 4.90 Å². The quantitative estimate of drug-likeness (QED) is 0.454. The fourth-order valence-corrected chi connectivity index (χ4v) is 6.47. The Labute approximate surface area is 222 Å². The lowest BCUT2D eigenvalue weighted by molar-refractivity contribution is -0.0652. The summed E-state index contributed by atoms with van der Waals surface area (Å²) >= 11 is 1.42. The zero-order valence-corrected chi connectivity index (χ0v) is 21.3. The van der Waals surface area contributed by atoms with Crippen LogP contribution in [0, 0.1) is 5.82 Å². The third-order valence-electron chi connectivity index (χ3n) is 7.76. The topological polar surface area (TPSA) is 128 Å². The number of nitrogens with two attached hydrogens (primary N) is 1. The maximum Gasteiger partial charge on any atom is 0.175 e. The van der Waals surface area contributed by atoms with Crippen molar-refractivity contribution in [3.05, 3.63) is 53.7 Å². The van der Waals surface area contributed by atoms with Crippen molar-refractivity contribution in [2.75, 3.05) is 43.1 Å². The van der Waals surface area contributed by atoms with Gasteiger partial charge in [0, 0.05) is 37.7 Å². The predicted molar refractivity (Wildman–Crippen MR) is 137 cm³/mol. The summed E-state index contributed by atoms with van der Waals surface area (Å²) < 4.78 is 31.5. The summed E-state index contributed by atoms with van der Waals surface area (Å²) in [5.74, 6) is 2.35. The molecule has 2 fully saturated rings. The van der Waals surface area contributed by atoms with E-state index in [2.05, 4.69) is 20.2 Å². The summed E-state index contributed by atoms with van der Waals surface area (Å²) in [5, 5.41) is 14.2. The van der Waals surface area contributed by atoms with Gasteiger partial charge < -0.3 is 35.3 Å². The molecule has 0 bridgehead atoms. The smallest absolute Gasteiger partial charge is 0.175 e. The Bertz CT molecular complexity index is 1400. The monoisotopic (exact) mass is 538 g/mol. The van der Waals surface area contributed by atoms with Gasteiger partial charge in [0.15, 0.2) is 17.4 Å². The molecule has 1 atom stereocenters. The first-order chi connectivity index (χ1) is 18.5. The largest absolute Gasteiger partial charge is 0.486 e. The first-order valence-corrected chi connectivity index (χ1v) is 13.4. The molecule has 12 heteroatoms. The van der Waals surface area contributed by atoms with Gasteiger partial charge in [0.1, 0.15) is 40.0 Å². The zero-order valence-electron chi connectivity index (χ0n) is 20.5. The van der Waals surface area contributed by atoms with Crippen molar-refractivity contribution < 1.29 is 23.7 Å². The molecule has 198 valence electrons. The summed E-state index contributed by atoms with van der Waals surface area (Å²) in [6.45, 7) is 2.71. The molecule has 4 N–H and O–H groups in total. The summed E-state index contributed by atoms with van der Waals surface area (Å²) in [6.07, 6.45) is 4.74. The van der Waals surface area contributed by atoms with Gasteiger partial charge in [-0.25, -0.2) is 19.3 Å². The minimum atomic E-state index is -0.576. The average molecular weight is 539 g/mol. The molecule has 0 amide bonds. The highest BCUT2D eigenvalue weighted by molar-refractivity contribution is 7.99. The van der Waals surface area contributed by atoms with Gasteiger partial charge in [0.2, 0.25) is 0 Å². The Balaban J connectivity index is 1.07. The molecule has 0 aliphatic carbocycles. The van der Waals surface area contributed by atoms with Gasteiger partial charge in [-0.2, -0.15) is 0 Å². The lowest BCUT2D eigenvalue weighted by Gasteiger charge is -2.45. The molecule has 10 nitrogen and oxygen atoms in total.